The molecular weight excluding hydrogens is 206 g/mol. The average Bonchev–Trinajstić information content (AvgIpc) is 2.16. The van der Waals surface area contributed by atoms with Gasteiger partial charge in [0.1, 0.15) is 5.60 Å². The molecule has 1 saturated carbocycles. The summed E-state index contributed by atoms with van der Waals surface area (Å²) in [6.45, 7) is 5.61. The van der Waals surface area contributed by atoms with E-state index in [-0.39, 0.29) is 12.1 Å². The van der Waals surface area contributed by atoms with E-state index in [1.54, 1.807) is 7.11 Å². The van der Waals surface area contributed by atoms with Gasteiger partial charge in [0.25, 0.3) is 0 Å². The van der Waals surface area contributed by atoms with Gasteiger partial charge in [0, 0.05) is 13.2 Å². The van der Waals surface area contributed by atoms with Gasteiger partial charge in [-0.1, -0.05) is 0 Å². The Morgan fingerprint density at radius 3 is 2.19 bits per heavy atom. The fourth-order valence-electron chi connectivity index (χ4n) is 1.92. The average molecular weight is 229 g/mol. The van der Waals surface area contributed by atoms with Crippen LogP contribution in [0.3, 0.4) is 0 Å². The molecule has 0 atom stereocenters. The van der Waals surface area contributed by atoms with Crippen molar-refractivity contribution in [2.75, 3.05) is 7.11 Å². The van der Waals surface area contributed by atoms with E-state index < -0.39 is 5.60 Å². The predicted octanol–water partition coefficient (Wildman–Crippen LogP) is 2.47. The Morgan fingerprint density at radius 1 is 1.19 bits per heavy atom. The van der Waals surface area contributed by atoms with Gasteiger partial charge in [-0.3, -0.25) is 0 Å². The summed E-state index contributed by atoms with van der Waals surface area (Å²) < 4.78 is 10.5. The van der Waals surface area contributed by atoms with Crippen LogP contribution in [-0.4, -0.2) is 30.9 Å². The highest BCUT2D eigenvalue weighted by atomic mass is 16.6. The van der Waals surface area contributed by atoms with Gasteiger partial charge in [-0.15, -0.1) is 0 Å². The van der Waals surface area contributed by atoms with Gasteiger partial charge in [-0.05, 0) is 46.5 Å². The molecule has 1 N–H and O–H groups in total. The number of methoxy groups -OCH3 is 1. The molecule has 94 valence electrons. The fraction of sp³-hybridized carbons (Fsp3) is 0.917. The van der Waals surface area contributed by atoms with Gasteiger partial charge in [0.05, 0.1) is 6.10 Å². The maximum absolute atomic E-state index is 11.5. The molecular formula is C12H23NO3. The van der Waals surface area contributed by atoms with Crippen molar-refractivity contribution in [2.24, 2.45) is 0 Å². The lowest BCUT2D eigenvalue weighted by molar-refractivity contribution is 0.0401. The Hall–Kier alpha value is -0.770. The third-order valence-electron chi connectivity index (χ3n) is 2.73. The third-order valence-corrected chi connectivity index (χ3v) is 2.73. The minimum absolute atomic E-state index is 0.237. The van der Waals surface area contributed by atoms with Crippen LogP contribution in [0.1, 0.15) is 46.5 Å². The number of nitrogens with one attached hydrogen (secondary N) is 1. The first kappa shape index (κ1) is 13.3. The lowest BCUT2D eigenvalue weighted by Crippen LogP contribution is -2.41. The first-order valence-electron chi connectivity index (χ1n) is 5.93. The normalized spacial score (nSPS) is 26.2. The van der Waals surface area contributed by atoms with Gasteiger partial charge in [0.15, 0.2) is 0 Å². The maximum atomic E-state index is 11.5. The van der Waals surface area contributed by atoms with E-state index in [1.165, 1.54) is 0 Å². The van der Waals surface area contributed by atoms with Crippen molar-refractivity contribution in [3.63, 3.8) is 0 Å². The molecule has 0 heterocycles. The molecule has 0 aromatic rings. The summed E-state index contributed by atoms with van der Waals surface area (Å²) in [4.78, 5) is 11.5. The third kappa shape index (κ3) is 4.84. The molecule has 0 saturated heterocycles. The second kappa shape index (κ2) is 5.53. The molecule has 0 aromatic heterocycles. The summed E-state index contributed by atoms with van der Waals surface area (Å²) >= 11 is 0. The van der Waals surface area contributed by atoms with Crippen molar-refractivity contribution >= 4 is 6.09 Å². The Kier molecular flexibility index (Phi) is 4.59. The molecule has 1 fully saturated rings. The van der Waals surface area contributed by atoms with E-state index in [9.17, 15) is 4.79 Å². The molecule has 4 heteroatoms. The zero-order chi connectivity index (χ0) is 12.2. The van der Waals surface area contributed by atoms with Crippen LogP contribution in [0.4, 0.5) is 4.79 Å². The van der Waals surface area contributed by atoms with Crippen LogP contribution in [0.2, 0.25) is 0 Å². The molecule has 1 rings (SSSR count). The van der Waals surface area contributed by atoms with Gasteiger partial charge in [-0.2, -0.15) is 0 Å². The summed E-state index contributed by atoms with van der Waals surface area (Å²) in [5.74, 6) is 0. The van der Waals surface area contributed by atoms with Gasteiger partial charge in [-0.25, -0.2) is 4.79 Å². The van der Waals surface area contributed by atoms with E-state index in [4.69, 9.17) is 9.47 Å². The minimum Gasteiger partial charge on any atom is -0.444 e. The Bertz CT molecular complexity index is 227. The summed E-state index contributed by atoms with van der Waals surface area (Å²) in [5.41, 5.74) is -0.423. The minimum atomic E-state index is -0.423. The van der Waals surface area contributed by atoms with Crippen LogP contribution < -0.4 is 5.32 Å². The number of hydrogen-bond acceptors (Lipinski definition) is 3. The topological polar surface area (TPSA) is 47.6 Å². The van der Waals surface area contributed by atoms with Crippen molar-refractivity contribution < 1.29 is 14.3 Å². The van der Waals surface area contributed by atoms with E-state index in [2.05, 4.69) is 5.32 Å². The van der Waals surface area contributed by atoms with Crippen molar-refractivity contribution in [2.45, 2.75) is 64.2 Å². The number of carbonyl (C=O) groups is 1. The molecule has 0 bridgehead atoms. The highest BCUT2D eigenvalue weighted by Gasteiger charge is 2.24. The Labute approximate surface area is 97.7 Å². The smallest absolute Gasteiger partial charge is 0.407 e. The second-order valence-corrected chi connectivity index (χ2v) is 5.36. The summed E-state index contributed by atoms with van der Waals surface area (Å²) in [6, 6.07) is 0.237. The highest BCUT2D eigenvalue weighted by molar-refractivity contribution is 5.68. The van der Waals surface area contributed by atoms with Crippen molar-refractivity contribution in [1.29, 1.82) is 0 Å². The van der Waals surface area contributed by atoms with E-state index in [1.807, 2.05) is 20.8 Å². The first-order valence-corrected chi connectivity index (χ1v) is 5.93. The van der Waals surface area contributed by atoms with Crippen LogP contribution in [0.5, 0.6) is 0 Å². The molecule has 0 aliphatic heterocycles. The number of hydrogen-bond donors (Lipinski definition) is 1. The van der Waals surface area contributed by atoms with Gasteiger partial charge in [0.2, 0.25) is 0 Å². The molecule has 1 amide bonds. The van der Waals surface area contributed by atoms with Crippen LogP contribution in [0.15, 0.2) is 0 Å². The van der Waals surface area contributed by atoms with E-state index in [0.717, 1.165) is 25.7 Å². The Balaban J connectivity index is 2.26. The summed E-state index contributed by atoms with van der Waals surface area (Å²) in [6.07, 6.45) is 4.01. The monoisotopic (exact) mass is 229 g/mol. The maximum Gasteiger partial charge on any atom is 0.407 e. The number of alkyl carbamates (subject to hydrolysis) is 1. The van der Waals surface area contributed by atoms with E-state index >= 15 is 0 Å². The van der Waals surface area contributed by atoms with Crippen molar-refractivity contribution in [3.05, 3.63) is 0 Å². The van der Waals surface area contributed by atoms with Crippen LogP contribution in [0, 0.1) is 0 Å². The zero-order valence-corrected chi connectivity index (χ0v) is 10.7. The molecule has 16 heavy (non-hydrogen) atoms. The summed E-state index contributed by atoms with van der Waals surface area (Å²) in [5, 5.41) is 2.90. The van der Waals surface area contributed by atoms with Gasteiger partial charge < -0.3 is 14.8 Å². The molecule has 1 aliphatic rings. The van der Waals surface area contributed by atoms with Crippen LogP contribution in [0.25, 0.3) is 0 Å². The quantitative estimate of drug-likeness (QED) is 0.791. The molecule has 4 nitrogen and oxygen atoms in total. The molecule has 0 unspecified atom stereocenters. The predicted molar refractivity (Wildman–Crippen MR) is 62.4 cm³/mol. The molecule has 0 radical (unpaired) electrons. The lowest BCUT2D eigenvalue weighted by Gasteiger charge is -2.29. The SMILES string of the molecule is COC1CCC(NC(=O)OC(C)(C)C)CC1. The number of rotatable bonds is 2. The summed E-state index contributed by atoms with van der Waals surface area (Å²) in [7, 11) is 1.74. The molecule has 0 aromatic carbocycles. The van der Waals surface area contributed by atoms with E-state index in [0.29, 0.717) is 6.10 Å². The largest absolute Gasteiger partial charge is 0.444 e. The fourth-order valence-corrected chi connectivity index (χ4v) is 1.92. The van der Waals surface area contributed by atoms with Crippen molar-refractivity contribution in [3.8, 4) is 0 Å². The Morgan fingerprint density at radius 2 is 1.75 bits per heavy atom. The number of ether oxygens (including phenoxy) is 2. The molecule has 1 aliphatic carbocycles. The standard InChI is InChI=1S/C12H23NO3/c1-12(2,3)16-11(14)13-9-5-7-10(15-4)8-6-9/h9-10H,5-8H2,1-4H3,(H,13,14). The van der Waals surface area contributed by atoms with Crippen LogP contribution in [-0.2, 0) is 9.47 Å². The lowest BCUT2D eigenvalue weighted by atomic mass is 9.93. The van der Waals surface area contributed by atoms with Crippen LogP contribution >= 0.6 is 0 Å². The first-order chi connectivity index (χ1) is 7.40. The second-order valence-electron chi connectivity index (χ2n) is 5.36. The zero-order valence-electron chi connectivity index (χ0n) is 10.7. The number of carbonyl (C=O) groups excluding carboxylic acids is 1. The van der Waals surface area contributed by atoms with Gasteiger partial charge >= 0.3 is 6.09 Å². The number of amides is 1. The van der Waals surface area contributed by atoms with Crippen molar-refractivity contribution in [1.82, 2.24) is 5.32 Å². The highest BCUT2D eigenvalue weighted by Crippen LogP contribution is 2.21. The molecule has 0 spiro atoms.